The van der Waals surface area contributed by atoms with Crippen molar-refractivity contribution in [1.82, 2.24) is 5.32 Å². The minimum Gasteiger partial charge on any atom is -0.381 e. The van der Waals surface area contributed by atoms with Crippen LogP contribution in [0.5, 0.6) is 0 Å². The maximum Gasteiger partial charge on any atom is 0.0707 e. The van der Waals surface area contributed by atoms with Crippen LogP contribution in [0.3, 0.4) is 0 Å². The van der Waals surface area contributed by atoms with Crippen molar-refractivity contribution in [3.8, 4) is 0 Å². The largest absolute Gasteiger partial charge is 0.381 e. The zero-order valence-corrected chi connectivity index (χ0v) is 14.5. The van der Waals surface area contributed by atoms with Crippen LogP contribution in [0, 0.1) is 5.92 Å². The van der Waals surface area contributed by atoms with Gasteiger partial charge in [0.2, 0.25) is 0 Å². The molecule has 1 nitrogen and oxygen atoms in total. The lowest BCUT2D eigenvalue weighted by Crippen LogP contribution is -2.17. The van der Waals surface area contributed by atoms with Crippen LogP contribution < -0.4 is 5.32 Å². The van der Waals surface area contributed by atoms with Gasteiger partial charge in [-0.15, -0.1) is 0 Å². The molecule has 0 aliphatic carbocycles. The molecule has 0 saturated carbocycles. The first-order valence-electron chi connectivity index (χ1n) is 8.62. The van der Waals surface area contributed by atoms with Crippen molar-refractivity contribution in [2.75, 3.05) is 0 Å². The highest BCUT2D eigenvalue weighted by atomic mass is 14.9. The van der Waals surface area contributed by atoms with E-state index in [1.807, 2.05) is 12.3 Å². The molecule has 1 heterocycles. The number of nitrogens with one attached hydrogen (secondary N) is 1. The molecule has 2 aromatic rings. The van der Waals surface area contributed by atoms with E-state index in [9.17, 15) is 0 Å². The van der Waals surface area contributed by atoms with E-state index >= 15 is 0 Å². The lowest BCUT2D eigenvalue weighted by molar-refractivity contribution is 0.647. The molecule has 1 atom stereocenters. The predicted molar refractivity (Wildman–Crippen MR) is 105 cm³/mol. The summed E-state index contributed by atoms with van der Waals surface area (Å²) < 4.78 is 0. The van der Waals surface area contributed by atoms with Crippen LogP contribution in [-0.2, 0) is 6.42 Å². The summed E-state index contributed by atoms with van der Waals surface area (Å²) in [6, 6.07) is 17.5. The molecule has 122 valence electrons. The van der Waals surface area contributed by atoms with Crippen molar-refractivity contribution < 1.29 is 0 Å². The predicted octanol–water partition coefficient (Wildman–Crippen LogP) is 5.77. The first-order chi connectivity index (χ1) is 11.7. The molecule has 0 bridgehead atoms. The smallest absolute Gasteiger partial charge is 0.0707 e. The van der Waals surface area contributed by atoms with E-state index in [-0.39, 0.29) is 6.04 Å². The Morgan fingerprint density at radius 2 is 1.83 bits per heavy atom. The standard InChI is InChI=1S/C23H25N/c1-4-19-7-5-6-8-22(19)23-16-21(13-14-24-23)20-11-9-18(10-12-20)15-17(2)3/h4-14,16-17,23-24H,1,15H2,2-3H3. The third-order valence-corrected chi connectivity index (χ3v) is 4.37. The zero-order valence-electron chi connectivity index (χ0n) is 14.5. The highest BCUT2D eigenvalue weighted by molar-refractivity contribution is 5.76. The fourth-order valence-electron chi connectivity index (χ4n) is 3.18. The van der Waals surface area contributed by atoms with Gasteiger partial charge < -0.3 is 5.32 Å². The Kier molecular flexibility index (Phi) is 5.00. The Bertz CT molecular complexity index is 763. The number of allylic oxidation sites excluding steroid dienone is 2. The van der Waals surface area contributed by atoms with E-state index in [2.05, 4.69) is 86.4 Å². The minimum absolute atomic E-state index is 0.176. The summed E-state index contributed by atoms with van der Waals surface area (Å²) in [5.41, 5.74) is 6.36. The maximum atomic E-state index is 3.93. The van der Waals surface area contributed by atoms with E-state index in [0.717, 1.165) is 6.42 Å². The van der Waals surface area contributed by atoms with E-state index < -0.39 is 0 Å². The van der Waals surface area contributed by atoms with Crippen LogP contribution >= 0.6 is 0 Å². The van der Waals surface area contributed by atoms with Gasteiger partial charge in [0.1, 0.15) is 0 Å². The molecule has 3 rings (SSSR count). The quantitative estimate of drug-likeness (QED) is 0.738. The average molecular weight is 315 g/mol. The minimum atomic E-state index is 0.176. The van der Waals surface area contributed by atoms with Crippen molar-refractivity contribution in [3.63, 3.8) is 0 Å². The van der Waals surface area contributed by atoms with Gasteiger partial charge >= 0.3 is 0 Å². The molecule has 1 aliphatic heterocycles. The first kappa shape index (κ1) is 16.3. The molecule has 0 amide bonds. The van der Waals surface area contributed by atoms with Crippen molar-refractivity contribution in [2.45, 2.75) is 26.3 Å². The molecular weight excluding hydrogens is 290 g/mol. The summed E-state index contributed by atoms with van der Waals surface area (Å²) in [7, 11) is 0. The third-order valence-electron chi connectivity index (χ3n) is 4.37. The van der Waals surface area contributed by atoms with Gasteiger partial charge in [-0.25, -0.2) is 0 Å². The molecule has 0 saturated heterocycles. The van der Waals surface area contributed by atoms with Crippen LogP contribution in [0.4, 0.5) is 0 Å². The molecule has 2 aromatic carbocycles. The molecule has 0 fully saturated rings. The van der Waals surface area contributed by atoms with E-state index in [1.165, 1.54) is 27.8 Å². The van der Waals surface area contributed by atoms with E-state index in [1.54, 1.807) is 0 Å². The fourth-order valence-corrected chi connectivity index (χ4v) is 3.18. The lowest BCUT2D eigenvalue weighted by atomic mass is 9.93. The highest BCUT2D eigenvalue weighted by Gasteiger charge is 2.14. The summed E-state index contributed by atoms with van der Waals surface area (Å²) in [5.74, 6) is 0.689. The highest BCUT2D eigenvalue weighted by Crippen LogP contribution is 2.28. The van der Waals surface area contributed by atoms with Crippen LogP contribution in [0.15, 0.2) is 73.5 Å². The maximum absolute atomic E-state index is 3.93. The Morgan fingerprint density at radius 1 is 1.08 bits per heavy atom. The van der Waals surface area contributed by atoms with Gasteiger partial charge in [-0.2, -0.15) is 0 Å². The second-order valence-electron chi connectivity index (χ2n) is 6.73. The summed E-state index contributed by atoms with van der Waals surface area (Å²) in [6.45, 7) is 8.45. The molecule has 1 unspecified atom stereocenters. The van der Waals surface area contributed by atoms with Crippen LogP contribution in [0.1, 0.15) is 42.1 Å². The molecule has 24 heavy (non-hydrogen) atoms. The van der Waals surface area contributed by atoms with Gasteiger partial charge in [0.15, 0.2) is 0 Å². The van der Waals surface area contributed by atoms with Crippen molar-refractivity contribution in [3.05, 3.63) is 95.7 Å². The number of hydrogen-bond donors (Lipinski definition) is 1. The average Bonchev–Trinajstić information content (AvgIpc) is 2.62. The van der Waals surface area contributed by atoms with Crippen LogP contribution in [-0.4, -0.2) is 0 Å². The molecule has 0 aromatic heterocycles. The SMILES string of the molecule is C=Cc1ccccc1C1C=C(c2ccc(CC(C)C)cc2)C=CN1. The van der Waals surface area contributed by atoms with Crippen molar-refractivity contribution >= 4 is 11.6 Å². The Balaban J connectivity index is 1.86. The second-order valence-corrected chi connectivity index (χ2v) is 6.73. The Hall–Kier alpha value is -2.54. The van der Waals surface area contributed by atoms with Gasteiger partial charge in [0.25, 0.3) is 0 Å². The summed E-state index contributed by atoms with van der Waals surface area (Å²) in [6.07, 6.45) is 9.53. The zero-order chi connectivity index (χ0) is 16.9. The second kappa shape index (κ2) is 7.35. The number of dihydropyridines is 1. The summed E-state index contributed by atoms with van der Waals surface area (Å²) in [4.78, 5) is 0. The topological polar surface area (TPSA) is 12.0 Å². The molecule has 1 heteroatoms. The van der Waals surface area contributed by atoms with Crippen LogP contribution in [0.25, 0.3) is 11.6 Å². The van der Waals surface area contributed by atoms with E-state index in [4.69, 9.17) is 0 Å². The monoisotopic (exact) mass is 315 g/mol. The number of benzene rings is 2. The van der Waals surface area contributed by atoms with E-state index in [0.29, 0.717) is 5.92 Å². The number of rotatable bonds is 5. The molecule has 1 N–H and O–H groups in total. The van der Waals surface area contributed by atoms with Crippen molar-refractivity contribution in [2.24, 2.45) is 5.92 Å². The fraction of sp³-hybridized carbons (Fsp3) is 0.217. The normalized spacial score (nSPS) is 16.6. The van der Waals surface area contributed by atoms with Gasteiger partial charge in [-0.1, -0.05) is 75.0 Å². The Labute approximate surface area is 145 Å². The van der Waals surface area contributed by atoms with Gasteiger partial charge in [0, 0.05) is 0 Å². The van der Waals surface area contributed by atoms with Gasteiger partial charge in [-0.3, -0.25) is 0 Å². The Morgan fingerprint density at radius 3 is 2.54 bits per heavy atom. The molecule has 1 aliphatic rings. The first-order valence-corrected chi connectivity index (χ1v) is 8.62. The van der Waals surface area contributed by atoms with Gasteiger partial charge in [0.05, 0.1) is 6.04 Å². The lowest BCUT2D eigenvalue weighted by Gasteiger charge is -2.21. The van der Waals surface area contributed by atoms with Crippen LogP contribution in [0.2, 0.25) is 0 Å². The third kappa shape index (κ3) is 3.68. The summed E-state index contributed by atoms with van der Waals surface area (Å²) in [5, 5.41) is 3.44. The molecule has 0 spiro atoms. The van der Waals surface area contributed by atoms with Crippen molar-refractivity contribution in [1.29, 1.82) is 0 Å². The summed E-state index contributed by atoms with van der Waals surface area (Å²) >= 11 is 0. The molecule has 0 radical (unpaired) electrons. The number of hydrogen-bond acceptors (Lipinski definition) is 1. The molecular formula is C23H25N. The van der Waals surface area contributed by atoms with Gasteiger partial charge in [-0.05, 0) is 58.5 Å².